The zero-order valence-electron chi connectivity index (χ0n) is 15.5. The lowest BCUT2D eigenvalue weighted by atomic mass is 10.2. The van der Waals surface area contributed by atoms with Gasteiger partial charge in [-0.15, -0.1) is 0 Å². The lowest BCUT2D eigenvalue weighted by molar-refractivity contribution is -0.113. The Labute approximate surface area is 186 Å². The van der Waals surface area contributed by atoms with Crippen molar-refractivity contribution in [1.29, 1.82) is 0 Å². The Hall–Kier alpha value is -2.33. The maximum Gasteiger partial charge on any atom is 0.270 e. The van der Waals surface area contributed by atoms with Gasteiger partial charge in [0.05, 0.1) is 16.8 Å². The molecule has 2 aromatic carbocycles. The first kappa shape index (κ1) is 22.4. The summed E-state index contributed by atoms with van der Waals surface area (Å²) in [5.74, 6) is -0.314. The van der Waals surface area contributed by atoms with Crippen LogP contribution in [0.2, 0.25) is 10.0 Å². The van der Waals surface area contributed by atoms with Gasteiger partial charge in [0, 0.05) is 15.7 Å². The van der Waals surface area contributed by atoms with Crippen LogP contribution in [0.1, 0.15) is 5.56 Å². The van der Waals surface area contributed by atoms with Gasteiger partial charge in [-0.05, 0) is 42.8 Å². The van der Waals surface area contributed by atoms with Crippen LogP contribution in [0.4, 0.5) is 5.69 Å². The van der Waals surface area contributed by atoms with E-state index in [1.165, 1.54) is 18.2 Å². The van der Waals surface area contributed by atoms with E-state index in [0.29, 0.717) is 5.69 Å². The van der Waals surface area contributed by atoms with Crippen molar-refractivity contribution < 1.29 is 13.2 Å². The number of anilines is 1. The highest BCUT2D eigenvalue weighted by Crippen LogP contribution is 2.26. The second kappa shape index (κ2) is 9.22. The van der Waals surface area contributed by atoms with Crippen molar-refractivity contribution in [2.75, 3.05) is 11.1 Å². The number of sulfone groups is 1. The molecule has 0 spiro atoms. The van der Waals surface area contributed by atoms with E-state index >= 15 is 0 Å². The molecule has 156 valence electrons. The third kappa shape index (κ3) is 5.42. The minimum absolute atomic E-state index is 0.0210. The predicted octanol–water partition coefficient (Wildman–Crippen LogP) is 3.95. The summed E-state index contributed by atoms with van der Waals surface area (Å²) in [6, 6.07) is 11.1. The van der Waals surface area contributed by atoms with Crippen molar-refractivity contribution >= 4 is 56.4 Å². The minimum atomic E-state index is -4.17. The molecule has 0 atom stereocenters. The number of hydrogen-bond acceptors (Lipinski definition) is 6. The molecule has 0 aliphatic carbocycles. The lowest BCUT2D eigenvalue weighted by Gasteiger charge is -2.07. The van der Waals surface area contributed by atoms with Gasteiger partial charge in [0.25, 0.3) is 5.56 Å². The smallest absolute Gasteiger partial charge is 0.270 e. The van der Waals surface area contributed by atoms with Crippen molar-refractivity contribution in [3.05, 3.63) is 74.6 Å². The Bertz CT molecular complexity index is 1260. The number of thioether (sulfide) groups is 1. The van der Waals surface area contributed by atoms with E-state index in [4.69, 9.17) is 23.2 Å². The highest BCUT2D eigenvalue weighted by molar-refractivity contribution is 7.99. The molecule has 0 aliphatic rings. The SMILES string of the molecule is Cc1cccc(NC(=O)CSc2ncc(S(=O)(=O)c3cc(Cl)cc(Cl)c3)c(=O)[nH]2)c1. The number of aromatic nitrogens is 2. The number of rotatable bonds is 6. The van der Waals surface area contributed by atoms with Crippen molar-refractivity contribution in [2.45, 2.75) is 21.9 Å². The Kier molecular flexibility index (Phi) is 6.87. The van der Waals surface area contributed by atoms with Gasteiger partial charge in [0.1, 0.15) is 0 Å². The molecule has 0 fully saturated rings. The number of amides is 1. The molecule has 0 saturated heterocycles. The van der Waals surface area contributed by atoms with Gasteiger partial charge < -0.3 is 10.3 Å². The van der Waals surface area contributed by atoms with E-state index in [1.807, 2.05) is 25.1 Å². The standard InChI is InChI=1S/C19H15Cl2N3O4S2/c1-11-3-2-4-14(5-11)23-17(25)10-29-19-22-9-16(18(26)24-19)30(27,28)15-7-12(20)6-13(21)8-15/h2-9H,10H2,1H3,(H,23,25)(H,22,24,26). The molecule has 11 heteroatoms. The van der Waals surface area contributed by atoms with Gasteiger partial charge >= 0.3 is 0 Å². The topological polar surface area (TPSA) is 109 Å². The molecule has 0 radical (unpaired) electrons. The van der Waals surface area contributed by atoms with Crippen LogP contribution in [0.25, 0.3) is 0 Å². The molecule has 30 heavy (non-hydrogen) atoms. The molecule has 3 aromatic rings. The quantitative estimate of drug-likeness (QED) is 0.405. The average molecular weight is 484 g/mol. The van der Waals surface area contributed by atoms with Gasteiger partial charge in [-0.3, -0.25) is 9.59 Å². The number of nitrogens with one attached hydrogen (secondary N) is 2. The number of aromatic amines is 1. The van der Waals surface area contributed by atoms with E-state index in [0.717, 1.165) is 23.5 Å². The molecule has 1 amide bonds. The van der Waals surface area contributed by atoms with Gasteiger partial charge in [-0.1, -0.05) is 47.1 Å². The number of H-pyrrole nitrogens is 1. The summed E-state index contributed by atoms with van der Waals surface area (Å²) in [5, 5.41) is 3.09. The molecule has 1 heterocycles. The first-order valence-electron chi connectivity index (χ1n) is 8.45. The number of carbonyl (C=O) groups is 1. The third-order valence-corrected chi connectivity index (χ3v) is 6.87. The number of benzene rings is 2. The second-order valence-electron chi connectivity index (χ2n) is 6.20. The summed E-state index contributed by atoms with van der Waals surface area (Å²) >= 11 is 12.7. The zero-order chi connectivity index (χ0) is 21.9. The fourth-order valence-electron chi connectivity index (χ4n) is 2.50. The highest BCUT2D eigenvalue weighted by atomic mass is 35.5. The first-order chi connectivity index (χ1) is 14.1. The van der Waals surface area contributed by atoms with Crippen LogP contribution in [0.5, 0.6) is 0 Å². The van der Waals surface area contributed by atoms with E-state index in [1.54, 1.807) is 6.07 Å². The molecule has 3 rings (SSSR count). The average Bonchev–Trinajstić information content (AvgIpc) is 2.65. The maximum absolute atomic E-state index is 12.7. The molecule has 0 bridgehead atoms. The molecular formula is C19H15Cl2N3O4S2. The van der Waals surface area contributed by atoms with Gasteiger partial charge in [-0.25, -0.2) is 13.4 Å². The predicted molar refractivity (Wildman–Crippen MR) is 117 cm³/mol. The normalized spacial score (nSPS) is 11.3. The molecule has 0 aliphatic heterocycles. The van der Waals surface area contributed by atoms with Crippen LogP contribution in [0, 0.1) is 6.92 Å². The van der Waals surface area contributed by atoms with Crippen LogP contribution < -0.4 is 10.9 Å². The number of carbonyl (C=O) groups excluding carboxylic acids is 1. The maximum atomic E-state index is 12.7. The number of hydrogen-bond donors (Lipinski definition) is 2. The Morgan fingerprint density at radius 1 is 1.17 bits per heavy atom. The van der Waals surface area contributed by atoms with Crippen LogP contribution in [-0.2, 0) is 14.6 Å². The third-order valence-electron chi connectivity index (χ3n) is 3.82. The van der Waals surface area contributed by atoms with Gasteiger partial charge in [-0.2, -0.15) is 0 Å². The molecule has 7 nitrogen and oxygen atoms in total. The van der Waals surface area contributed by atoms with Crippen LogP contribution in [-0.4, -0.2) is 30.0 Å². The van der Waals surface area contributed by atoms with Crippen molar-refractivity contribution in [2.24, 2.45) is 0 Å². The van der Waals surface area contributed by atoms with E-state index in [-0.39, 0.29) is 31.8 Å². The number of halogens is 2. The monoisotopic (exact) mass is 483 g/mol. The second-order valence-corrected chi connectivity index (χ2v) is 9.95. The molecule has 0 saturated carbocycles. The van der Waals surface area contributed by atoms with Crippen molar-refractivity contribution in [1.82, 2.24) is 9.97 Å². The number of aryl methyl sites for hydroxylation is 1. The van der Waals surface area contributed by atoms with Crippen LogP contribution in [0.15, 0.2) is 68.4 Å². The molecule has 2 N–H and O–H groups in total. The molecule has 0 unspecified atom stereocenters. The summed E-state index contributed by atoms with van der Waals surface area (Å²) in [6.07, 6.45) is 0.948. The lowest BCUT2D eigenvalue weighted by Crippen LogP contribution is -2.20. The highest BCUT2D eigenvalue weighted by Gasteiger charge is 2.23. The molecular weight excluding hydrogens is 469 g/mol. The van der Waals surface area contributed by atoms with Crippen LogP contribution in [0.3, 0.4) is 0 Å². The van der Waals surface area contributed by atoms with Gasteiger partial charge in [0.2, 0.25) is 15.7 Å². The Morgan fingerprint density at radius 2 is 1.87 bits per heavy atom. The largest absolute Gasteiger partial charge is 0.325 e. The summed E-state index contributed by atoms with van der Waals surface area (Å²) in [7, 11) is -4.17. The van der Waals surface area contributed by atoms with Crippen molar-refractivity contribution in [3.8, 4) is 0 Å². The zero-order valence-corrected chi connectivity index (χ0v) is 18.6. The summed E-state index contributed by atoms with van der Waals surface area (Å²) in [5.41, 5.74) is 0.801. The summed E-state index contributed by atoms with van der Waals surface area (Å²) < 4.78 is 25.4. The van der Waals surface area contributed by atoms with E-state index in [9.17, 15) is 18.0 Å². The van der Waals surface area contributed by atoms with E-state index < -0.39 is 20.3 Å². The fourth-order valence-corrected chi connectivity index (χ4v) is 5.09. The Morgan fingerprint density at radius 3 is 2.50 bits per heavy atom. The summed E-state index contributed by atoms with van der Waals surface area (Å²) in [6.45, 7) is 1.91. The summed E-state index contributed by atoms with van der Waals surface area (Å²) in [4.78, 5) is 30.0. The van der Waals surface area contributed by atoms with Crippen LogP contribution >= 0.6 is 35.0 Å². The van der Waals surface area contributed by atoms with Crippen molar-refractivity contribution in [3.63, 3.8) is 0 Å². The molecule has 1 aromatic heterocycles. The first-order valence-corrected chi connectivity index (χ1v) is 11.7. The number of nitrogens with zero attached hydrogens (tertiary/aromatic N) is 1. The Balaban J connectivity index is 1.73. The fraction of sp³-hybridized carbons (Fsp3) is 0.105. The minimum Gasteiger partial charge on any atom is -0.325 e. The van der Waals surface area contributed by atoms with E-state index in [2.05, 4.69) is 15.3 Å². The van der Waals surface area contributed by atoms with Gasteiger partial charge in [0.15, 0.2) is 10.1 Å².